The topological polar surface area (TPSA) is 18.5 Å². The zero-order valence-electron chi connectivity index (χ0n) is 22.9. The molecule has 0 bridgehead atoms. The molecule has 0 spiro atoms. The molecule has 0 aliphatic rings. The number of rotatable bonds is 21. The van der Waals surface area contributed by atoms with Gasteiger partial charge < -0.3 is 9.47 Å². The van der Waals surface area contributed by atoms with E-state index in [-0.39, 0.29) is 6.29 Å². The Morgan fingerprint density at radius 3 is 1.52 bits per heavy atom. The molecule has 0 aliphatic carbocycles. The van der Waals surface area contributed by atoms with Crippen LogP contribution in [0.5, 0.6) is 0 Å². The number of hydrogen-bond donors (Lipinski definition) is 0. The summed E-state index contributed by atoms with van der Waals surface area (Å²) in [6.45, 7) is 18.1. The Kier molecular flexibility index (Phi) is 21.5. The summed E-state index contributed by atoms with van der Waals surface area (Å²) in [6.07, 6.45) is 25.1. The van der Waals surface area contributed by atoms with Crippen LogP contribution in [0, 0.1) is 0 Å². The van der Waals surface area contributed by atoms with Crippen LogP contribution < -0.4 is 0 Å². The van der Waals surface area contributed by atoms with Gasteiger partial charge in [0.2, 0.25) is 0 Å². The Hall–Kier alpha value is -1.38. The van der Waals surface area contributed by atoms with Gasteiger partial charge in [0.25, 0.3) is 0 Å². The molecule has 33 heavy (non-hydrogen) atoms. The predicted octanol–water partition coefficient (Wildman–Crippen LogP) is 10.0. The zero-order chi connectivity index (χ0) is 24.7. The van der Waals surface area contributed by atoms with Crippen LogP contribution in [0.1, 0.15) is 119 Å². The standard InChI is InChI=1S/C31H54O2/c1-8-9-10-11-12-13-14-15-22-31(32-25-23-29(6)20-16-18-27(2)3)33-26-24-30(7)21-17-19-28(4)5/h8,18-19,23-24,31H,1,9-17,20-22,25-26H2,2-7H3/b29-23-,30-24+. The lowest BCUT2D eigenvalue weighted by atomic mass is 10.1. The second-order valence-electron chi connectivity index (χ2n) is 9.82. The molecule has 1 unspecified atom stereocenters. The number of ether oxygens (including phenoxy) is 2. The summed E-state index contributed by atoms with van der Waals surface area (Å²) in [4.78, 5) is 0. The Balaban J connectivity index is 4.45. The molecular formula is C31H54O2. The van der Waals surface area contributed by atoms with Gasteiger partial charge in [-0.2, -0.15) is 0 Å². The molecule has 190 valence electrons. The van der Waals surface area contributed by atoms with Gasteiger partial charge in [-0.1, -0.05) is 78.4 Å². The van der Waals surface area contributed by atoms with Crippen LogP contribution in [-0.2, 0) is 9.47 Å². The number of unbranched alkanes of at least 4 members (excludes halogenated alkanes) is 6. The van der Waals surface area contributed by atoms with Gasteiger partial charge >= 0.3 is 0 Å². The van der Waals surface area contributed by atoms with Gasteiger partial charge in [-0.15, -0.1) is 6.58 Å². The second-order valence-corrected chi connectivity index (χ2v) is 9.82. The van der Waals surface area contributed by atoms with Crippen LogP contribution in [-0.4, -0.2) is 19.5 Å². The number of allylic oxidation sites excluding steroid dienone is 7. The number of hydrogen-bond acceptors (Lipinski definition) is 2. The fourth-order valence-electron chi connectivity index (χ4n) is 3.50. The maximum Gasteiger partial charge on any atom is 0.158 e. The summed E-state index contributed by atoms with van der Waals surface area (Å²) >= 11 is 0. The van der Waals surface area contributed by atoms with E-state index in [1.807, 2.05) is 6.08 Å². The third kappa shape index (κ3) is 23.6. The molecule has 0 amide bonds. The van der Waals surface area contributed by atoms with Crippen molar-refractivity contribution in [3.8, 4) is 0 Å². The maximum absolute atomic E-state index is 6.13. The minimum Gasteiger partial charge on any atom is -0.349 e. The minimum atomic E-state index is -0.116. The lowest BCUT2D eigenvalue weighted by molar-refractivity contribution is -0.131. The van der Waals surface area contributed by atoms with Crippen molar-refractivity contribution in [2.24, 2.45) is 0 Å². The zero-order valence-corrected chi connectivity index (χ0v) is 22.9. The fraction of sp³-hybridized carbons (Fsp3) is 0.677. The molecule has 0 aliphatic heterocycles. The average molecular weight is 459 g/mol. The van der Waals surface area contributed by atoms with E-state index in [2.05, 4.69) is 72.4 Å². The molecule has 0 fully saturated rings. The highest BCUT2D eigenvalue weighted by Crippen LogP contribution is 2.14. The Bertz CT molecular complexity index is 556. The van der Waals surface area contributed by atoms with Gasteiger partial charge in [-0.05, 0) is 92.9 Å². The Labute approximate surface area is 206 Å². The van der Waals surface area contributed by atoms with Crippen LogP contribution in [0.25, 0.3) is 0 Å². The fourth-order valence-corrected chi connectivity index (χ4v) is 3.50. The summed E-state index contributed by atoms with van der Waals surface area (Å²) < 4.78 is 12.3. The van der Waals surface area contributed by atoms with E-state index < -0.39 is 0 Å². The minimum absolute atomic E-state index is 0.116. The highest BCUT2D eigenvalue weighted by molar-refractivity contribution is 5.03. The first-order valence-corrected chi connectivity index (χ1v) is 13.3. The molecule has 0 heterocycles. The van der Waals surface area contributed by atoms with Crippen molar-refractivity contribution >= 4 is 0 Å². The molecule has 2 heteroatoms. The van der Waals surface area contributed by atoms with E-state index in [0.29, 0.717) is 13.2 Å². The third-order valence-electron chi connectivity index (χ3n) is 5.71. The molecule has 0 aromatic rings. The van der Waals surface area contributed by atoms with E-state index in [4.69, 9.17) is 9.47 Å². The normalized spacial score (nSPS) is 13.0. The lowest BCUT2D eigenvalue weighted by Crippen LogP contribution is -2.18. The summed E-state index contributed by atoms with van der Waals surface area (Å²) in [5, 5.41) is 0. The SMILES string of the molecule is C=CCCCCCCCCC(OC/C=C(/C)CCC=C(C)C)OC/C=C(\C)CCC=C(C)C. The molecule has 0 rings (SSSR count). The first-order chi connectivity index (χ1) is 15.8. The van der Waals surface area contributed by atoms with Gasteiger partial charge in [0, 0.05) is 0 Å². The van der Waals surface area contributed by atoms with Crippen molar-refractivity contribution < 1.29 is 9.47 Å². The van der Waals surface area contributed by atoms with Gasteiger partial charge in [0.1, 0.15) is 0 Å². The van der Waals surface area contributed by atoms with Crippen molar-refractivity contribution in [3.05, 3.63) is 59.3 Å². The summed E-state index contributed by atoms with van der Waals surface area (Å²) in [5.74, 6) is 0. The van der Waals surface area contributed by atoms with Crippen molar-refractivity contribution in [3.63, 3.8) is 0 Å². The molecular weight excluding hydrogens is 404 g/mol. The second kappa shape index (κ2) is 22.4. The van der Waals surface area contributed by atoms with Gasteiger partial charge in [0.05, 0.1) is 13.2 Å². The molecule has 0 saturated carbocycles. The van der Waals surface area contributed by atoms with Crippen molar-refractivity contribution in [1.29, 1.82) is 0 Å². The van der Waals surface area contributed by atoms with Crippen molar-refractivity contribution in [2.75, 3.05) is 13.2 Å². The molecule has 0 radical (unpaired) electrons. The molecule has 0 saturated heterocycles. The first kappa shape index (κ1) is 31.6. The first-order valence-electron chi connectivity index (χ1n) is 13.3. The quantitative estimate of drug-likeness (QED) is 0.0967. The molecule has 0 aromatic heterocycles. The molecule has 0 aromatic carbocycles. The molecule has 2 nitrogen and oxygen atoms in total. The molecule has 1 atom stereocenters. The highest BCUT2D eigenvalue weighted by atomic mass is 16.7. The smallest absolute Gasteiger partial charge is 0.158 e. The maximum atomic E-state index is 6.13. The Morgan fingerprint density at radius 2 is 1.06 bits per heavy atom. The van der Waals surface area contributed by atoms with E-state index in [1.54, 1.807) is 0 Å². The van der Waals surface area contributed by atoms with Gasteiger partial charge in [-0.3, -0.25) is 0 Å². The Morgan fingerprint density at radius 1 is 0.606 bits per heavy atom. The molecule has 0 N–H and O–H groups in total. The third-order valence-corrected chi connectivity index (χ3v) is 5.71. The van der Waals surface area contributed by atoms with Crippen LogP contribution in [0.3, 0.4) is 0 Å². The van der Waals surface area contributed by atoms with Gasteiger partial charge in [0.15, 0.2) is 6.29 Å². The van der Waals surface area contributed by atoms with Crippen LogP contribution >= 0.6 is 0 Å². The van der Waals surface area contributed by atoms with E-state index in [0.717, 1.165) is 38.5 Å². The van der Waals surface area contributed by atoms with Crippen LogP contribution in [0.2, 0.25) is 0 Å². The summed E-state index contributed by atoms with van der Waals surface area (Å²) in [5.41, 5.74) is 5.55. The largest absolute Gasteiger partial charge is 0.349 e. The van der Waals surface area contributed by atoms with Crippen LogP contribution in [0.4, 0.5) is 0 Å². The van der Waals surface area contributed by atoms with Crippen LogP contribution in [0.15, 0.2) is 59.3 Å². The highest BCUT2D eigenvalue weighted by Gasteiger charge is 2.08. The van der Waals surface area contributed by atoms with E-state index in [9.17, 15) is 0 Å². The van der Waals surface area contributed by atoms with Crippen molar-refractivity contribution in [1.82, 2.24) is 0 Å². The van der Waals surface area contributed by atoms with E-state index in [1.165, 1.54) is 60.8 Å². The summed E-state index contributed by atoms with van der Waals surface area (Å²) in [7, 11) is 0. The monoisotopic (exact) mass is 458 g/mol. The van der Waals surface area contributed by atoms with E-state index >= 15 is 0 Å². The van der Waals surface area contributed by atoms with Crippen molar-refractivity contribution in [2.45, 2.75) is 125 Å². The predicted molar refractivity (Wildman–Crippen MR) is 148 cm³/mol. The van der Waals surface area contributed by atoms with Gasteiger partial charge in [-0.25, -0.2) is 0 Å². The summed E-state index contributed by atoms with van der Waals surface area (Å²) in [6, 6.07) is 0. The average Bonchev–Trinajstić information content (AvgIpc) is 2.74. The lowest BCUT2D eigenvalue weighted by Gasteiger charge is -2.17.